The van der Waals surface area contributed by atoms with Gasteiger partial charge < -0.3 is 10.2 Å². The van der Waals surface area contributed by atoms with E-state index in [1.54, 1.807) is 11.3 Å². The second-order valence-corrected chi connectivity index (χ2v) is 7.93. The zero-order chi connectivity index (χ0) is 18.4. The number of imide groups is 1. The van der Waals surface area contributed by atoms with Crippen molar-refractivity contribution >= 4 is 29.2 Å². The lowest BCUT2D eigenvalue weighted by Gasteiger charge is -2.32. The smallest absolute Gasteiger partial charge is 0.321 e. The second kappa shape index (κ2) is 9.14. The van der Waals surface area contributed by atoms with Gasteiger partial charge in [0, 0.05) is 23.9 Å². The van der Waals surface area contributed by atoms with Gasteiger partial charge in [0.2, 0.25) is 11.8 Å². The summed E-state index contributed by atoms with van der Waals surface area (Å²) >= 11 is 1.56. The molecule has 1 aromatic heterocycles. The lowest BCUT2D eigenvalue weighted by Crippen LogP contribution is -2.47. The molecule has 3 rings (SSSR count). The maximum Gasteiger partial charge on any atom is 0.321 e. The fraction of sp³-hybridized carbons (Fsp3) is 0.611. The number of carbonyl (C=O) groups is 3. The van der Waals surface area contributed by atoms with Crippen LogP contribution in [-0.2, 0) is 16.1 Å². The van der Waals surface area contributed by atoms with Gasteiger partial charge in [0.1, 0.15) is 0 Å². The first-order valence-corrected chi connectivity index (χ1v) is 10.1. The van der Waals surface area contributed by atoms with E-state index in [1.165, 1.54) is 0 Å². The van der Waals surface area contributed by atoms with Gasteiger partial charge in [-0.1, -0.05) is 6.07 Å². The maximum atomic E-state index is 12.4. The average molecular weight is 378 g/mol. The van der Waals surface area contributed by atoms with Crippen molar-refractivity contribution in [2.24, 2.45) is 5.92 Å². The maximum absolute atomic E-state index is 12.4. The molecule has 7 nitrogen and oxygen atoms in total. The van der Waals surface area contributed by atoms with Crippen LogP contribution in [0.5, 0.6) is 0 Å². The summed E-state index contributed by atoms with van der Waals surface area (Å²) in [7, 11) is 0. The van der Waals surface area contributed by atoms with Crippen molar-refractivity contribution in [2.45, 2.75) is 32.2 Å². The minimum Gasteiger partial charge on any atom is -0.342 e. The topological polar surface area (TPSA) is 81.8 Å². The van der Waals surface area contributed by atoms with Gasteiger partial charge in [-0.05, 0) is 50.2 Å². The molecule has 2 N–H and O–H groups in total. The van der Waals surface area contributed by atoms with Gasteiger partial charge in [0.05, 0.1) is 13.1 Å². The molecule has 0 bridgehead atoms. The molecule has 2 aliphatic heterocycles. The van der Waals surface area contributed by atoms with Gasteiger partial charge in [-0.3, -0.25) is 19.8 Å². The number of rotatable bonds is 5. The van der Waals surface area contributed by atoms with Gasteiger partial charge in [-0.2, -0.15) is 0 Å². The number of hydrogen-bond donors (Lipinski definition) is 2. The number of likely N-dealkylation sites (tertiary alicyclic amines) is 2. The molecule has 8 heteroatoms. The highest BCUT2D eigenvalue weighted by atomic mass is 32.1. The molecule has 1 aromatic rings. The highest BCUT2D eigenvalue weighted by Gasteiger charge is 2.30. The van der Waals surface area contributed by atoms with Crippen molar-refractivity contribution in [3.8, 4) is 0 Å². The fourth-order valence-corrected chi connectivity index (χ4v) is 4.17. The molecule has 2 aliphatic rings. The molecule has 0 spiro atoms. The van der Waals surface area contributed by atoms with Crippen molar-refractivity contribution < 1.29 is 14.4 Å². The summed E-state index contributed by atoms with van der Waals surface area (Å²) in [5.41, 5.74) is 0. The van der Waals surface area contributed by atoms with E-state index < -0.39 is 6.03 Å². The zero-order valence-electron chi connectivity index (χ0n) is 14.9. The Kier molecular flexibility index (Phi) is 6.62. The van der Waals surface area contributed by atoms with Crippen molar-refractivity contribution in [2.75, 3.05) is 32.7 Å². The summed E-state index contributed by atoms with van der Waals surface area (Å²) in [6.45, 7) is 3.82. The molecule has 26 heavy (non-hydrogen) atoms. The summed E-state index contributed by atoms with van der Waals surface area (Å²) in [6, 6.07) is 3.38. The van der Waals surface area contributed by atoms with Crippen molar-refractivity contribution in [1.82, 2.24) is 20.4 Å². The Hall–Kier alpha value is -1.93. The van der Waals surface area contributed by atoms with E-state index in [0.717, 1.165) is 43.6 Å². The molecule has 0 radical (unpaired) electrons. The number of thiophene rings is 1. The lowest BCUT2D eigenvalue weighted by atomic mass is 9.95. The number of urea groups is 1. The summed E-state index contributed by atoms with van der Waals surface area (Å²) in [5.74, 6) is 0.0547. The highest BCUT2D eigenvalue weighted by Crippen LogP contribution is 2.21. The number of carbonyl (C=O) groups excluding carboxylic acids is 3. The van der Waals surface area contributed by atoms with E-state index in [-0.39, 0.29) is 24.3 Å². The monoisotopic (exact) mass is 378 g/mol. The molecule has 0 unspecified atom stereocenters. The first kappa shape index (κ1) is 18.8. The zero-order valence-corrected chi connectivity index (χ0v) is 15.7. The molecule has 2 saturated heterocycles. The lowest BCUT2D eigenvalue weighted by molar-refractivity contribution is -0.136. The van der Waals surface area contributed by atoms with Crippen LogP contribution in [0.15, 0.2) is 17.5 Å². The van der Waals surface area contributed by atoms with Crippen molar-refractivity contribution in [1.29, 1.82) is 0 Å². The van der Waals surface area contributed by atoms with Crippen LogP contribution in [0.25, 0.3) is 0 Å². The number of amides is 4. The van der Waals surface area contributed by atoms with Gasteiger partial charge in [0.25, 0.3) is 0 Å². The average Bonchev–Trinajstić information content (AvgIpc) is 3.33. The number of hydrogen-bond acceptors (Lipinski definition) is 5. The van der Waals surface area contributed by atoms with Crippen LogP contribution in [0.1, 0.15) is 30.6 Å². The predicted molar refractivity (Wildman–Crippen MR) is 99.7 cm³/mol. The third kappa shape index (κ3) is 5.28. The molecule has 3 heterocycles. The molecule has 0 aliphatic carbocycles. The molecule has 0 saturated carbocycles. The van der Waals surface area contributed by atoms with Gasteiger partial charge in [0.15, 0.2) is 0 Å². The Bertz CT molecular complexity index is 620. The van der Waals surface area contributed by atoms with Crippen LogP contribution in [0.4, 0.5) is 4.79 Å². The predicted octanol–water partition coefficient (Wildman–Crippen LogP) is 1.41. The minimum atomic E-state index is -0.470. The van der Waals surface area contributed by atoms with Crippen LogP contribution >= 0.6 is 11.3 Å². The third-order valence-electron chi connectivity index (χ3n) is 4.98. The van der Waals surface area contributed by atoms with Crippen LogP contribution in [0.3, 0.4) is 0 Å². The quantitative estimate of drug-likeness (QED) is 0.812. The van der Waals surface area contributed by atoms with Crippen LogP contribution in [0, 0.1) is 5.92 Å². The Morgan fingerprint density at radius 2 is 1.85 bits per heavy atom. The van der Waals surface area contributed by atoms with E-state index in [0.29, 0.717) is 19.6 Å². The molecule has 142 valence electrons. The number of piperidine rings is 1. The summed E-state index contributed by atoms with van der Waals surface area (Å²) in [4.78, 5) is 41.2. The summed E-state index contributed by atoms with van der Waals surface area (Å²) < 4.78 is 0. The number of nitrogens with zero attached hydrogens (tertiary/aromatic N) is 2. The van der Waals surface area contributed by atoms with Crippen LogP contribution in [-0.4, -0.2) is 60.4 Å². The van der Waals surface area contributed by atoms with Crippen LogP contribution < -0.4 is 10.6 Å². The molecule has 0 aromatic carbocycles. The SMILES string of the molecule is O=C(CN1CCC(C(=O)N2CCCC2)CC1)NC(=O)NCc1cccs1. The summed E-state index contributed by atoms with van der Waals surface area (Å²) in [6.07, 6.45) is 3.79. The second-order valence-electron chi connectivity index (χ2n) is 6.89. The van der Waals surface area contributed by atoms with E-state index >= 15 is 0 Å². The normalized spacial score (nSPS) is 18.7. The molecule has 2 fully saturated rings. The van der Waals surface area contributed by atoms with E-state index in [1.807, 2.05) is 27.3 Å². The Balaban J connectivity index is 1.33. The van der Waals surface area contributed by atoms with Crippen LogP contribution in [0.2, 0.25) is 0 Å². The molecular formula is C18H26N4O3S. The fourth-order valence-electron chi connectivity index (χ4n) is 3.53. The molecule has 0 atom stereocenters. The highest BCUT2D eigenvalue weighted by molar-refractivity contribution is 7.09. The molecule has 4 amide bonds. The Morgan fingerprint density at radius 3 is 2.50 bits per heavy atom. The Labute approximate surface area is 157 Å². The van der Waals surface area contributed by atoms with Gasteiger partial charge in [-0.25, -0.2) is 4.79 Å². The van der Waals surface area contributed by atoms with Crippen molar-refractivity contribution in [3.05, 3.63) is 22.4 Å². The molecular weight excluding hydrogens is 352 g/mol. The largest absolute Gasteiger partial charge is 0.342 e. The van der Waals surface area contributed by atoms with Crippen molar-refractivity contribution in [3.63, 3.8) is 0 Å². The minimum absolute atomic E-state index is 0.0847. The van der Waals surface area contributed by atoms with Gasteiger partial charge >= 0.3 is 6.03 Å². The standard InChI is InChI=1S/C18H26N4O3S/c23-16(20-18(25)19-12-15-4-3-11-26-15)13-21-9-5-14(6-10-21)17(24)22-7-1-2-8-22/h3-4,11,14H,1-2,5-10,12-13H2,(H2,19,20,23,25). The Morgan fingerprint density at radius 1 is 1.12 bits per heavy atom. The number of nitrogens with one attached hydrogen (secondary N) is 2. The van der Waals surface area contributed by atoms with Gasteiger partial charge in [-0.15, -0.1) is 11.3 Å². The first-order chi connectivity index (χ1) is 12.6. The van der Waals surface area contributed by atoms with E-state index in [4.69, 9.17) is 0 Å². The third-order valence-corrected chi connectivity index (χ3v) is 5.85. The summed E-state index contributed by atoms with van der Waals surface area (Å²) in [5, 5.41) is 6.99. The van der Waals surface area contributed by atoms with E-state index in [2.05, 4.69) is 10.6 Å². The first-order valence-electron chi connectivity index (χ1n) is 9.23. The van der Waals surface area contributed by atoms with E-state index in [9.17, 15) is 14.4 Å².